The van der Waals surface area contributed by atoms with Gasteiger partial charge < -0.3 is 19.4 Å². The molecule has 0 spiro atoms. The van der Waals surface area contributed by atoms with Crippen molar-refractivity contribution in [3.63, 3.8) is 0 Å². The van der Waals surface area contributed by atoms with Gasteiger partial charge in [-0.3, -0.25) is 0 Å². The number of para-hydroxylation sites is 2. The van der Waals surface area contributed by atoms with Gasteiger partial charge in [0.05, 0.1) is 30.3 Å². The molecule has 2 aliphatic heterocycles. The van der Waals surface area contributed by atoms with Gasteiger partial charge in [-0.2, -0.15) is 0 Å². The van der Waals surface area contributed by atoms with E-state index in [1.165, 1.54) is 17.4 Å². The van der Waals surface area contributed by atoms with Gasteiger partial charge in [0.25, 0.3) is 0 Å². The summed E-state index contributed by atoms with van der Waals surface area (Å²) in [4.78, 5) is 6.89. The molecule has 0 bridgehead atoms. The summed E-state index contributed by atoms with van der Waals surface area (Å²) in [5.74, 6) is -0.250. The van der Waals surface area contributed by atoms with Crippen molar-refractivity contribution in [3.8, 4) is 0 Å². The molecule has 0 amide bonds. The smallest absolute Gasteiger partial charge is 0.147 e. The van der Waals surface area contributed by atoms with Crippen LogP contribution in [-0.2, 0) is 4.74 Å². The van der Waals surface area contributed by atoms with Gasteiger partial charge in [0.15, 0.2) is 0 Å². The lowest BCUT2D eigenvalue weighted by molar-refractivity contribution is 0.122. The highest BCUT2D eigenvalue weighted by Gasteiger charge is 2.23. The van der Waals surface area contributed by atoms with E-state index in [4.69, 9.17) is 16.3 Å². The van der Waals surface area contributed by atoms with E-state index >= 15 is 0 Å². The molecule has 0 saturated carbocycles. The lowest BCUT2D eigenvalue weighted by Crippen LogP contribution is -2.47. The topological polar surface area (TPSA) is 19.0 Å². The van der Waals surface area contributed by atoms with E-state index in [-0.39, 0.29) is 5.82 Å². The summed E-state index contributed by atoms with van der Waals surface area (Å²) in [6.07, 6.45) is 0. The molecule has 2 fully saturated rings. The first kappa shape index (κ1) is 17.4. The maximum absolute atomic E-state index is 14.2. The number of piperazine rings is 1. The summed E-state index contributed by atoms with van der Waals surface area (Å²) in [7, 11) is 0. The molecule has 2 heterocycles. The first-order chi connectivity index (χ1) is 12.7. The second-order valence-corrected chi connectivity index (χ2v) is 7.09. The van der Waals surface area contributed by atoms with Crippen molar-refractivity contribution in [1.82, 2.24) is 0 Å². The molecule has 0 radical (unpaired) electrons. The highest BCUT2D eigenvalue weighted by molar-refractivity contribution is 6.30. The maximum Gasteiger partial charge on any atom is 0.147 e. The molecule has 0 atom stereocenters. The fourth-order valence-electron chi connectivity index (χ4n) is 3.73. The maximum atomic E-state index is 14.2. The van der Waals surface area contributed by atoms with Crippen molar-refractivity contribution in [2.75, 3.05) is 67.2 Å². The molecule has 138 valence electrons. The summed E-state index contributed by atoms with van der Waals surface area (Å²) < 4.78 is 19.7. The van der Waals surface area contributed by atoms with Crippen LogP contribution >= 0.6 is 11.6 Å². The first-order valence-electron chi connectivity index (χ1n) is 9.09. The van der Waals surface area contributed by atoms with E-state index in [9.17, 15) is 4.39 Å². The third-order valence-corrected chi connectivity index (χ3v) is 5.34. The molecule has 0 aromatic heterocycles. The van der Waals surface area contributed by atoms with Crippen LogP contribution in [0.2, 0.25) is 5.02 Å². The molecular formula is C20H23ClFN3O. The zero-order chi connectivity index (χ0) is 17.9. The van der Waals surface area contributed by atoms with Crippen LogP contribution in [-0.4, -0.2) is 52.5 Å². The molecule has 2 aromatic rings. The number of morpholine rings is 1. The predicted molar refractivity (Wildman–Crippen MR) is 105 cm³/mol. The van der Waals surface area contributed by atoms with Crippen LogP contribution in [0.3, 0.4) is 0 Å². The molecule has 26 heavy (non-hydrogen) atoms. The monoisotopic (exact) mass is 375 g/mol. The van der Waals surface area contributed by atoms with E-state index < -0.39 is 0 Å². The van der Waals surface area contributed by atoms with Gasteiger partial charge in [-0.25, -0.2) is 4.39 Å². The SMILES string of the molecule is Fc1cc(Cl)ccc1N1CCN(c2ccccc2N2CCOCC2)CC1. The lowest BCUT2D eigenvalue weighted by Gasteiger charge is -2.40. The number of ether oxygens (including phenoxy) is 1. The lowest BCUT2D eigenvalue weighted by atomic mass is 10.1. The van der Waals surface area contributed by atoms with Crippen LogP contribution in [0.4, 0.5) is 21.5 Å². The Hall–Kier alpha value is -1.98. The molecule has 4 nitrogen and oxygen atoms in total. The summed E-state index contributed by atoms with van der Waals surface area (Å²) in [6, 6.07) is 13.5. The first-order valence-corrected chi connectivity index (χ1v) is 9.47. The van der Waals surface area contributed by atoms with Gasteiger partial charge in [-0.1, -0.05) is 23.7 Å². The van der Waals surface area contributed by atoms with Gasteiger partial charge in [-0.05, 0) is 30.3 Å². The third-order valence-electron chi connectivity index (χ3n) is 5.10. The number of rotatable bonds is 3. The fraction of sp³-hybridized carbons (Fsp3) is 0.400. The molecule has 4 rings (SSSR count). The minimum Gasteiger partial charge on any atom is -0.378 e. The van der Waals surface area contributed by atoms with E-state index in [1.807, 2.05) is 0 Å². The molecule has 2 saturated heterocycles. The van der Waals surface area contributed by atoms with Crippen molar-refractivity contribution in [2.24, 2.45) is 0 Å². The molecule has 0 N–H and O–H groups in total. The van der Waals surface area contributed by atoms with Crippen LogP contribution in [0, 0.1) is 5.82 Å². The Balaban J connectivity index is 1.48. The van der Waals surface area contributed by atoms with Crippen molar-refractivity contribution in [3.05, 3.63) is 53.3 Å². The molecule has 2 aromatic carbocycles. The number of nitrogens with zero attached hydrogens (tertiary/aromatic N) is 3. The van der Waals surface area contributed by atoms with Gasteiger partial charge in [0, 0.05) is 44.3 Å². The second-order valence-electron chi connectivity index (χ2n) is 6.66. The highest BCUT2D eigenvalue weighted by Crippen LogP contribution is 2.32. The average Bonchev–Trinajstić information content (AvgIpc) is 2.69. The van der Waals surface area contributed by atoms with E-state index in [2.05, 4.69) is 39.0 Å². The van der Waals surface area contributed by atoms with Crippen molar-refractivity contribution in [2.45, 2.75) is 0 Å². The average molecular weight is 376 g/mol. The summed E-state index contributed by atoms with van der Waals surface area (Å²) in [5.41, 5.74) is 3.16. The third kappa shape index (κ3) is 3.60. The number of anilines is 3. The standard InChI is InChI=1S/C20H23ClFN3O/c21-16-5-6-18(17(22)15-16)23-7-9-24(10-8-23)19-3-1-2-4-20(19)25-11-13-26-14-12-25/h1-6,15H,7-14H2. The van der Waals surface area contributed by atoms with Gasteiger partial charge >= 0.3 is 0 Å². The Labute approximate surface area is 158 Å². The van der Waals surface area contributed by atoms with Crippen molar-refractivity contribution >= 4 is 28.7 Å². The predicted octanol–water partition coefficient (Wildman–Crippen LogP) is 3.64. The Morgan fingerprint density at radius 3 is 1.85 bits per heavy atom. The van der Waals surface area contributed by atoms with E-state index in [0.29, 0.717) is 10.7 Å². The molecule has 0 aliphatic carbocycles. The van der Waals surface area contributed by atoms with Crippen LogP contribution in [0.15, 0.2) is 42.5 Å². The van der Waals surface area contributed by atoms with E-state index in [0.717, 1.165) is 52.5 Å². The minimum absolute atomic E-state index is 0.250. The molecule has 0 unspecified atom stereocenters. The molecule has 2 aliphatic rings. The Bertz CT molecular complexity index is 758. The van der Waals surface area contributed by atoms with Crippen molar-refractivity contribution < 1.29 is 9.13 Å². The Morgan fingerprint density at radius 2 is 1.27 bits per heavy atom. The Morgan fingerprint density at radius 1 is 0.731 bits per heavy atom. The summed E-state index contributed by atoms with van der Waals surface area (Å²) in [6.45, 7) is 6.70. The van der Waals surface area contributed by atoms with Gasteiger partial charge in [0.1, 0.15) is 5.82 Å². The van der Waals surface area contributed by atoms with Crippen LogP contribution in [0.1, 0.15) is 0 Å². The normalized spacial score (nSPS) is 18.3. The van der Waals surface area contributed by atoms with Crippen LogP contribution < -0.4 is 14.7 Å². The van der Waals surface area contributed by atoms with Crippen LogP contribution in [0.25, 0.3) is 0 Å². The molecular weight excluding hydrogens is 353 g/mol. The number of hydrogen-bond donors (Lipinski definition) is 0. The number of benzene rings is 2. The van der Waals surface area contributed by atoms with Gasteiger partial charge in [-0.15, -0.1) is 0 Å². The number of hydrogen-bond acceptors (Lipinski definition) is 4. The Kier molecular flexibility index (Phi) is 5.18. The zero-order valence-corrected chi connectivity index (χ0v) is 15.5. The second kappa shape index (κ2) is 7.72. The minimum atomic E-state index is -0.250. The summed E-state index contributed by atoms with van der Waals surface area (Å²) >= 11 is 5.87. The quantitative estimate of drug-likeness (QED) is 0.815. The van der Waals surface area contributed by atoms with Crippen LogP contribution in [0.5, 0.6) is 0 Å². The van der Waals surface area contributed by atoms with Gasteiger partial charge in [0.2, 0.25) is 0 Å². The van der Waals surface area contributed by atoms with Crippen molar-refractivity contribution in [1.29, 1.82) is 0 Å². The molecule has 6 heteroatoms. The highest BCUT2D eigenvalue weighted by atomic mass is 35.5. The zero-order valence-electron chi connectivity index (χ0n) is 14.7. The summed E-state index contributed by atoms with van der Waals surface area (Å²) in [5, 5.41) is 0.435. The van der Waals surface area contributed by atoms with E-state index in [1.54, 1.807) is 12.1 Å². The largest absolute Gasteiger partial charge is 0.378 e. The fourth-order valence-corrected chi connectivity index (χ4v) is 3.89. The number of halogens is 2.